The summed E-state index contributed by atoms with van der Waals surface area (Å²) >= 11 is 0. The summed E-state index contributed by atoms with van der Waals surface area (Å²) in [5.74, 6) is -0.432. The Morgan fingerprint density at radius 3 is 2.72 bits per heavy atom. The molecule has 3 N–H and O–H groups in total. The van der Waals surface area contributed by atoms with Crippen molar-refractivity contribution in [3.05, 3.63) is 71.8 Å². The Morgan fingerprint density at radius 2 is 2.12 bits per heavy atom. The van der Waals surface area contributed by atoms with Gasteiger partial charge in [-0.05, 0) is 73.1 Å². The zero-order chi connectivity index (χ0) is 18.2. The first kappa shape index (κ1) is 17.6. The standard InChI is InChI=1S/C21H25NO3/c1-13(2)21(25)11-17(16-5-4-8-22-12-16)10-19(24)20(21)15-6-7-18(23)14(3)9-15/h4-5,8-12,15,18,20,23-25H,1,6-7H2,2-3H3/t15?,18?,20-,21?/m0/s1. The summed E-state index contributed by atoms with van der Waals surface area (Å²) in [7, 11) is 0. The van der Waals surface area contributed by atoms with E-state index in [1.54, 1.807) is 31.5 Å². The second-order valence-electron chi connectivity index (χ2n) is 7.16. The maximum absolute atomic E-state index is 11.4. The topological polar surface area (TPSA) is 73.6 Å². The van der Waals surface area contributed by atoms with Crippen LogP contribution in [0.5, 0.6) is 0 Å². The fourth-order valence-electron chi connectivity index (χ4n) is 3.85. The first-order valence-electron chi connectivity index (χ1n) is 8.61. The molecule has 1 heterocycles. The van der Waals surface area contributed by atoms with E-state index in [4.69, 9.17) is 0 Å². The highest BCUT2D eigenvalue weighted by atomic mass is 16.3. The molecule has 0 radical (unpaired) electrons. The predicted molar refractivity (Wildman–Crippen MR) is 98.7 cm³/mol. The SMILES string of the molecule is C=C(C)C1(O)C=C(c2cccnc2)C=C(O)[C@@H]1C1C=C(C)C(O)CC1. The van der Waals surface area contributed by atoms with Crippen LogP contribution in [0.15, 0.2) is 66.2 Å². The highest BCUT2D eigenvalue weighted by molar-refractivity contribution is 5.77. The van der Waals surface area contributed by atoms with E-state index in [0.29, 0.717) is 18.4 Å². The van der Waals surface area contributed by atoms with Gasteiger partial charge in [-0.25, -0.2) is 0 Å². The smallest absolute Gasteiger partial charge is 0.114 e. The zero-order valence-corrected chi connectivity index (χ0v) is 14.7. The fourth-order valence-corrected chi connectivity index (χ4v) is 3.85. The Hall–Kier alpha value is -2.17. The van der Waals surface area contributed by atoms with Gasteiger partial charge in [0, 0.05) is 12.4 Å². The lowest BCUT2D eigenvalue weighted by Gasteiger charge is -2.42. The molecule has 2 aliphatic carbocycles. The second kappa shape index (κ2) is 6.62. The minimum atomic E-state index is -1.35. The molecule has 0 saturated heterocycles. The van der Waals surface area contributed by atoms with E-state index in [1.165, 1.54) is 0 Å². The highest BCUT2D eigenvalue weighted by Gasteiger charge is 2.45. The second-order valence-corrected chi connectivity index (χ2v) is 7.16. The molecule has 0 fully saturated rings. The third-order valence-electron chi connectivity index (χ3n) is 5.35. The summed E-state index contributed by atoms with van der Waals surface area (Å²) < 4.78 is 0. The summed E-state index contributed by atoms with van der Waals surface area (Å²) in [4.78, 5) is 4.11. The Labute approximate surface area is 148 Å². The van der Waals surface area contributed by atoms with Crippen LogP contribution in [-0.2, 0) is 0 Å². The van der Waals surface area contributed by atoms with E-state index in [0.717, 1.165) is 16.7 Å². The van der Waals surface area contributed by atoms with Crippen LogP contribution >= 0.6 is 0 Å². The summed E-state index contributed by atoms with van der Waals surface area (Å²) in [6, 6.07) is 3.71. The number of aromatic nitrogens is 1. The Bertz CT molecular complexity index is 763. The number of pyridine rings is 1. The Morgan fingerprint density at radius 1 is 1.36 bits per heavy atom. The van der Waals surface area contributed by atoms with Gasteiger partial charge in [-0.2, -0.15) is 0 Å². The molecule has 0 bridgehead atoms. The van der Waals surface area contributed by atoms with Crippen molar-refractivity contribution < 1.29 is 15.3 Å². The third kappa shape index (κ3) is 3.20. The van der Waals surface area contributed by atoms with E-state index < -0.39 is 17.6 Å². The first-order valence-corrected chi connectivity index (χ1v) is 8.61. The van der Waals surface area contributed by atoms with Crippen LogP contribution in [0.2, 0.25) is 0 Å². The van der Waals surface area contributed by atoms with Crippen LogP contribution in [-0.4, -0.2) is 32.0 Å². The van der Waals surface area contributed by atoms with Crippen molar-refractivity contribution in [1.29, 1.82) is 0 Å². The van der Waals surface area contributed by atoms with Gasteiger partial charge in [-0.1, -0.05) is 18.7 Å². The average Bonchev–Trinajstić information content (AvgIpc) is 2.58. The van der Waals surface area contributed by atoms with Crippen molar-refractivity contribution in [2.75, 3.05) is 0 Å². The molecule has 3 unspecified atom stereocenters. The van der Waals surface area contributed by atoms with Gasteiger partial charge in [-0.3, -0.25) is 4.98 Å². The largest absolute Gasteiger partial charge is 0.512 e. The molecule has 4 nitrogen and oxygen atoms in total. The van der Waals surface area contributed by atoms with Gasteiger partial charge < -0.3 is 15.3 Å². The van der Waals surface area contributed by atoms with E-state index in [1.807, 2.05) is 25.1 Å². The lowest BCUT2D eigenvalue weighted by Crippen LogP contribution is -2.44. The van der Waals surface area contributed by atoms with Gasteiger partial charge in [0.05, 0.1) is 12.0 Å². The molecule has 3 rings (SSSR count). The van der Waals surface area contributed by atoms with Crippen LogP contribution in [0.4, 0.5) is 0 Å². The monoisotopic (exact) mass is 339 g/mol. The first-order chi connectivity index (χ1) is 11.8. The average molecular weight is 339 g/mol. The molecule has 2 aliphatic rings. The maximum atomic E-state index is 11.4. The normalized spacial score (nSPS) is 32.5. The van der Waals surface area contributed by atoms with Crippen LogP contribution in [0.25, 0.3) is 5.57 Å². The molecule has 1 aromatic rings. The van der Waals surface area contributed by atoms with Crippen molar-refractivity contribution >= 4 is 5.57 Å². The molecule has 0 spiro atoms. The number of rotatable bonds is 3. The van der Waals surface area contributed by atoms with Gasteiger partial charge in [0.25, 0.3) is 0 Å². The van der Waals surface area contributed by atoms with E-state index in [9.17, 15) is 15.3 Å². The van der Waals surface area contributed by atoms with Gasteiger partial charge in [0.1, 0.15) is 11.4 Å². The van der Waals surface area contributed by atoms with Crippen LogP contribution in [0, 0.1) is 11.8 Å². The van der Waals surface area contributed by atoms with Crippen LogP contribution < -0.4 is 0 Å². The lowest BCUT2D eigenvalue weighted by molar-refractivity contribution is 0.0303. The lowest BCUT2D eigenvalue weighted by atomic mass is 9.66. The van der Waals surface area contributed by atoms with E-state index >= 15 is 0 Å². The van der Waals surface area contributed by atoms with Gasteiger partial charge in [0.2, 0.25) is 0 Å². The van der Waals surface area contributed by atoms with E-state index in [2.05, 4.69) is 11.6 Å². The molecule has 132 valence electrons. The number of allylic oxidation sites excluding steroid dienone is 3. The molecule has 0 aromatic carbocycles. The van der Waals surface area contributed by atoms with E-state index in [-0.39, 0.29) is 11.7 Å². The summed E-state index contributed by atoms with van der Waals surface area (Å²) in [6.07, 6.45) is 9.72. The fraction of sp³-hybridized carbons (Fsp3) is 0.381. The molecule has 25 heavy (non-hydrogen) atoms. The molecular formula is C21H25NO3. The Balaban J connectivity index is 2.05. The van der Waals surface area contributed by atoms with Gasteiger partial charge in [-0.15, -0.1) is 0 Å². The van der Waals surface area contributed by atoms with Crippen molar-refractivity contribution in [2.24, 2.45) is 11.8 Å². The summed E-state index contributed by atoms with van der Waals surface area (Å²) in [6.45, 7) is 7.63. The van der Waals surface area contributed by atoms with Gasteiger partial charge >= 0.3 is 0 Å². The minimum absolute atomic E-state index is 0.0620. The number of hydrogen-bond acceptors (Lipinski definition) is 4. The molecular weight excluding hydrogens is 314 g/mol. The van der Waals surface area contributed by atoms with Crippen molar-refractivity contribution in [3.8, 4) is 0 Å². The molecule has 4 heteroatoms. The van der Waals surface area contributed by atoms with Crippen LogP contribution in [0.3, 0.4) is 0 Å². The molecule has 4 atom stereocenters. The molecule has 0 amide bonds. The quantitative estimate of drug-likeness (QED) is 0.736. The Kier molecular flexibility index (Phi) is 4.67. The molecule has 0 saturated carbocycles. The van der Waals surface area contributed by atoms with Crippen molar-refractivity contribution in [1.82, 2.24) is 4.98 Å². The highest BCUT2D eigenvalue weighted by Crippen LogP contribution is 2.46. The molecule has 0 aliphatic heterocycles. The van der Waals surface area contributed by atoms with Crippen molar-refractivity contribution in [2.45, 2.75) is 38.4 Å². The van der Waals surface area contributed by atoms with Gasteiger partial charge in [0.15, 0.2) is 0 Å². The maximum Gasteiger partial charge on any atom is 0.114 e. The number of hydrogen-bond donors (Lipinski definition) is 3. The van der Waals surface area contributed by atoms with Crippen LogP contribution in [0.1, 0.15) is 32.3 Å². The zero-order valence-electron chi connectivity index (χ0n) is 14.7. The summed E-state index contributed by atoms with van der Waals surface area (Å²) in [5, 5.41) is 32.2. The molecule has 1 aromatic heterocycles. The third-order valence-corrected chi connectivity index (χ3v) is 5.35. The van der Waals surface area contributed by atoms with Crippen molar-refractivity contribution in [3.63, 3.8) is 0 Å². The summed E-state index contributed by atoms with van der Waals surface area (Å²) in [5.41, 5.74) is 1.67. The number of nitrogens with zero attached hydrogens (tertiary/aromatic N) is 1. The number of aliphatic hydroxyl groups is 3. The predicted octanol–water partition coefficient (Wildman–Crippen LogP) is 3.56. The minimum Gasteiger partial charge on any atom is -0.512 e. The number of aliphatic hydroxyl groups excluding tert-OH is 2.